The van der Waals surface area contributed by atoms with Crippen LogP contribution in [0.2, 0.25) is 0 Å². The third-order valence-electron chi connectivity index (χ3n) is 14.7. The van der Waals surface area contributed by atoms with Crippen molar-refractivity contribution in [3.8, 4) is 22.3 Å². The fourth-order valence-corrected chi connectivity index (χ4v) is 11.2. The number of nitrogens with zero attached hydrogens (tertiary/aromatic N) is 10. The standard InChI is InChI=1S/C34H44FN5O4.C27H32FN5O4/c1-20(2)30-25(15-14-23-18-24(43-34(8,9)42-23)19-28(41)44-32(3,4)5)29(21-10-12-22(35)13-11-21)26-16-17-27-37-38-39-40(27)33(6,7)31(26)36-30;1-15(2)25-20(10-9-18(34)13-19(35)14-23(36)37)24(16-5-7-17(28)8-6-16)21-11-12-22-30-31-32-33(22)27(3,4)26(21)29-25/h10-15,20,23-24H,16-19H2,1-9H3;5-10,15,18-19,34-35H,11-14H2,1-4H3,(H,36,37)/b15-14+;10-9+/t23-,24-;18-,19-/m11/s1. The molecule has 1 fully saturated rings. The zero-order valence-corrected chi connectivity index (χ0v) is 48.7. The molecule has 3 N–H and O–H groups in total. The molecule has 0 amide bonds. The summed E-state index contributed by atoms with van der Waals surface area (Å²) in [7, 11) is 0. The van der Waals surface area contributed by atoms with Crippen molar-refractivity contribution in [2.45, 2.75) is 200 Å². The fraction of sp³-hybridized carbons (Fsp3) is 0.508. The summed E-state index contributed by atoms with van der Waals surface area (Å²) < 4.78 is 49.7. The van der Waals surface area contributed by atoms with Gasteiger partial charge in [-0.1, -0.05) is 76.3 Å². The summed E-state index contributed by atoms with van der Waals surface area (Å²) in [4.78, 5) is 34.0. The first-order valence-electron chi connectivity index (χ1n) is 27.8. The molecule has 0 bridgehead atoms. The van der Waals surface area contributed by atoms with Crippen molar-refractivity contribution in [2.24, 2.45) is 0 Å². The number of aryl methyl sites for hydroxylation is 2. The van der Waals surface area contributed by atoms with Gasteiger partial charge < -0.3 is 29.5 Å². The van der Waals surface area contributed by atoms with Gasteiger partial charge in [0.2, 0.25) is 0 Å². The molecular formula is C61H76F2N10O8. The maximum Gasteiger partial charge on any atom is 0.308 e. The van der Waals surface area contributed by atoms with E-state index in [0.717, 1.165) is 78.9 Å². The van der Waals surface area contributed by atoms with E-state index in [2.05, 4.69) is 64.8 Å². The molecule has 0 unspecified atom stereocenters. The van der Waals surface area contributed by atoms with Gasteiger partial charge in [-0.25, -0.2) is 18.1 Å². The van der Waals surface area contributed by atoms with Gasteiger partial charge in [0.15, 0.2) is 17.4 Å². The molecule has 4 atom stereocenters. The predicted molar refractivity (Wildman–Crippen MR) is 301 cm³/mol. The smallest absolute Gasteiger partial charge is 0.308 e. The average molecular weight is 1120 g/mol. The van der Waals surface area contributed by atoms with Gasteiger partial charge in [-0.05, 0) is 165 Å². The molecular weight excluding hydrogens is 1040 g/mol. The number of aliphatic carboxylic acids is 1. The Labute approximate surface area is 472 Å². The van der Waals surface area contributed by atoms with E-state index in [1.165, 1.54) is 24.3 Å². The van der Waals surface area contributed by atoms with E-state index < -0.39 is 47.1 Å². The van der Waals surface area contributed by atoms with E-state index in [4.69, 9.17) is 29.3 Å². The van der Waals surface area contributed by atoms with Gasteiger partial charge >= 0.3 is 11.9 Å². The molecule has 18 nitrogen and oxygen atoms in total. The second-order valence-corrected chi connectivity index (χ2v) is 24.3. The molecule has 4 aromatic heterocycles. The monoisotopic (exact) mass is 1110 g/mol. The van der Waals surface area contributed by atoms with Crippen LogP contribution in [0.3, 0.4) is 0 Å². The molecule has 0 saturated carbocycles. The van der Waals surface area contributed by atoms with Crippen LogP contribution in [0.4, 0.5) is 8.78 Å². The predicted octanol–water partition coefficient (Wildman–Crippen LogP) is 10.0. The normalized spacial score (nSPS) is 19.0. The Hall–Kier alpha value is -7.00. The number of carboxylic acids is 1. The lowest BCUT2D eigenvalue weighted by atomic mass is 9.84. The minimum atomic E-state index is -1.17. The molecule has 81 heavy (non-hydrogen) atoms. The summed E-state index contributed by atoms with van der Waals surface area (Å²) in [6.45, 7) is 25.8. The van der Waals surface area contributed by atoms with Gasteiger partial charge in [-0.15, -0.1) is 10.2 Å². The lowest BCUT2D eigenvalue weighted by Crippen LogP contribution is -2.45. The number of ether oxygens (including phenoxy) is 3. The van der Waals surface area contributed by atoms with E-state index in [9.17, 15) is 28.6 Å². The largest absolute Gasteiger partial charge is 0.481 e. The Kier molecular flexibility index (Phi) is 17.7. The van der Waals surface area contributed by atoms with E-state index in [1.54, 1.807) is 29.0 Å². The number of tetrazole rings is 2. The van der Waals surface area contributed by atoms with Crippen molar-refractivity contribution in [3.63, 3.8) is 0 Å². The van der Waals surface area contributed by atoms with Gasteiger partial charge in [0.1, 0.15) is 28.3 Å². The Balaban J connectivity index is 0.000000216. The summed E-state index contributed by atoms with van der Waals surface area (Å²) in [5, 5.41) is 54.3. The number of aromatic nitrogens is 10. The minimum Gasteiger partial charge on any atom is -0.481 e. The van der Waals surface area contributed by atoms with Crippen LogP contribution in [0, 0.1) is 11.6 Å². The molecule has 3 aliphatic heterocycles. The van der Waals surface area contributed by atoms with Gasteiger partial charge in [0, 0.05) is 36.8 Å². The van der Waals surface area contributed by atoms with Gasteiger partial charge in [-0.3, -0.25) is 19.6 Å². The Bertz CT molecular complexity index is 3310. The van der Waals surface area contributed by atoms with Crippen molar-refractivity contribution < 1.29 is 47.9 Å². The Morgan fingerprint density at radius 3 is 1.64 bits per heavy atom. The summed E-state index contributed by atoms with van der Waals surface area (Å²) in [5.74, 6) is -1.32. The van der Waals surface area contributed by atoms with Crippen LogP contribution in [-0.4, -0.2) is 113 Å². The molecule has 0 spiro atoms. The van der Waals surface area contributed by atoms with Crippen LogP contribution in [-0.2, 0) is 60.6 Å². The number of esters is 1. The first-order chi connectivity index (χ1) is 38.0. The Morgan fingerprint density at radius 1 is 0.728 bits per heavy atom. The highest BCUT2D eigenvalue weighted by Crippen LogP contribution is 2.44. The highest BCUT2D eigenvalue weighted by Gasteiger charge is 2.40. The SMILES string of the molecule is CC(C)c1nc2c(c(-c3ccc(F)cc3)c1/C=C/[C@@H](O)C[C@@H](O)CC(=O)O)CCc1nnnn1C2(C)C.CC(C)c1nc2c(c(-c3ccc(F)cc3)c1/C=C/[C@@H]1C[C@H](CC(=O)OC(C)(C)C)OC(C)(C)O1)CCc1nnnn1C2(C)C. The molecule has 0 aliphatic carbocycles. The highest BCUT2D eigenvalue weighted by atomic mass is 19.1. The molecule has 2 aromatic carbocycles. The first kappa shape index (κ1) is 60.1. The molecule has 0 radical (unpaired) electrons. The Morgan fingerprint density at radius 2 is 1.20 bits per heavy atom. The quantitative estimate of drug-likeness (QED) is 0.0861. The third-order valence-corrected chi connectivity index (χ3v) is 14.7. The van der Waals surface area contributed by atoms with Crippen LogP contribution >= 0.6 is 0 Å². The molecule has 432 valence electrons. The van der Waals surface area contributed by atoms with Crippen molar-refractivity contribution in [1.82, 2.24) is 50.4 Å². The number of carbonyl (C=O) groups is 2. The van der Waals surface area contributed by atoms with Gasteiger partial charge in [-0.2, -0.15) is 0 Å². The molecule has 1 saturated heterocycles. The van der Waals surface area contributed by atoms with Crippen LogP contribution in [0.1, 0.15) is 184 Å². The lowest BCUT2D eigenvalue weighted by Gasteiger charge is -2.40. The average Bonchev–Trinajstić information content (AvgIpc) is 4.27. The fourth-order valence-electron chi connectivity index (χ4n) is 11.2. The van der Waals surface area contributed by atoms with Crippen LogP contribution in [0.5, 0.6) is 0 Å². The first-order valence-corrected chi connectivity index (χ1v) is 27.8. The number of aliphatic hydroxyl groups is 2. The number of halogens is 2. The van der Waals surface area contributed by atoms with E-state index in [0.29, 0.717) is 32.1 Å². The van der Waals surface area contributed by atoms with Crippen molar-refractivity contribution in [1.29, 1.82) is 0 Å². The number of hydrogen-bond acceptors (Lipinski definition) is 15. The van der Waals surface area contributed by atoms with Crippen molar-refractivity contribution in [3.05, 3.63) is 129 Å². The topological polar surface area (TPSA) is 236 Å². The zero-order valence-electron chi connectivity index (χ0n) is 48.7. The van der Waals surface area contributed by atoms with Crippen LogP contribution < -0.4 is 0 Å². The van der Waals surface area contributed by atoms with E-state index >= 15 is 0 Å². The molecule has 3 aliphatic rings. The number of carbonyl (C=O) groups excluding carboxylic acids is 1. The summed E-state index contributed by atoms with van der Waals surface area (Å²) in [6, 6.07) is 12.9. The number of aliphatic hydroxyl groups excluding tert-OH is 2. The summed E-state index contributed by atoms with van der Waals surface area (Å²) in [5.41, 5.74) is 9.04. The highest BCUT2D eigenvalue weighted by molar-refractivity contribution is 5.82. The second-order valence-electron chi connectivity index (χ2n) is 24.3. The minimum absolute atomic E-state index is 0.00582. The number of pyridine rings is 2. The second kappa shape index (κ2) is 23.8. The van der Waals surface area contributed by atoms with Crippen molar-refractivity contribution >= 4 is 24.1 Å². The zero-order chi connectivity index (χ0) is 58.9. The third kappa shape index (κ3) is 13.7. The van der Waals surface area contributed by atoms with Gasteiger partial charge in [0.05, 0.1) is 60.0 Å². The summed E-state index contributed by atoms with van der Waals surface area (Å²) >= 11 is 0. The van der Waals surface area contributed by atoms with Crippen LogP contribution in [0.25, 0.3) is 34.4 Å². The molecule has 7 heterocycles. The van der Waals surface area contributed by atoms with Crippen LogP contribution in [0.15, 0.2) is 60.7 Å². The van der Waals surface area contributed by atoms with Gasteiger partial charge in [0.25, 0.3) is 0 Å². The maximum absolute atomic E-state index is 14.1. The number of benzene rings is 2. The number of hydrogen-bond donors (Lipinski definition) is 3. The van der Waals surface area contributed by atoms with Crippen molar-refractivity contribution in [2.75, 3.05) is 0 Å². The molecule has 9 rings (SSSR count). The molecule has 20 heteroatoms. The molecule has 6 aromatic rings. The van der Waals surface area contributed by atoms with E-state index in [1.807, 2.05) is 85.2 Å². The summed E-state index contributed by atoms with van der Waals surface area (Å²) in [6.07, 6.45) is 7.11. The lowest BCUT2D eigenvalue weighted by molar-refractivity contribution is -0.290. The number of fused-ring (bicyclic) bond motifs is 4. The number of rotatable bonds is 14. The number of carboxylic acid groups (broad SMARTS) is 1. The van der Waals surface area contributed by atoms with E-state index in [-0.39, 0.29) is 54.5 Å². The maximum atomic E-state index is 14.1.